The molecule has 6 nitrogen and oxygen atoms in total. The first-order chi connectivity index (χ1) is 13.5. The monoisotopic (exact) mass is 393 g/mol. The van der Waals surface area contributed by atoms with E-state index in [0.717, 1.165) is 16.5 Å². The number of pyridine rings is 1. The number of nitrogens with zero attached hydrogens (tertiary/aromatic N) is 2. The Morgan fingerprint density at radius 3 is 2.50 bits per heavy atom. The second-order valence-electron chi connectivity index (χ2n) is 6.09. The molecule has 0 saturated heterocycles. The molecule has 3 rings (SSSR count). The Morgan fingerprint density at radius 1 is 1.14 bits per heavy atom. The molecular weight excluding hydrogens is 374 g/mol. The Kier molecular flexibility index (Phi) is 6.02. The van der Waals surface area contributed by atoms with Crippen molar-refractivity contribution in [3.8, 4) is 17.6 Å². The molecule has 0 aliphatic rings. The van der Waals surface area contributed by atoms with Gasteiger partial charge in [-0.15, -0.1) is 0 Å². The van der Waals surface area contributed by atoms with Crippen molar-refractivity contribution in [3.63, 3.8) is 0 Å². The smallest absolute Gasteiger partial charge is 0.234 e. The molecule has 0 radical (unpaired) electrons. The van der Waals surface area contributed by atoms with Gasteiger partial charge in [0.1, 0.15) is 22.6 Å². The summed E-state index contributed by atoms with van der Waals surface area (Å²) in [5.41, 5.74) is 2.92. The van der Waals surface area contributed by atoms with E-state index < -0.39 is 0 Å². The largest absolute Gasteiger partial charge is 0.497 e. The van der Waals surface area contributed by atoms with Crippen LogP contribution in [0.15, 0.2) is 47.5 Å². The van der Waals surface area contributed by atoms with Gasteiger partial charge < -0.3 is 14.8 Å². The zero-order chi connectivity index (χ0) is 20.1. The van der Waals surface area contributed by atoms with Gasteiger partial charge in [-0.25, -0.2) is 4.98 Å². The van der Waals surface area contributed by atoms with Crippen LogP contribution in [0.2, 0.25) is 0 Å². The molecule has 0 spiro atoms. The summed E-state index contributed by atoms with van der Waals surface area (Å²) < 4.78 is 10.4. The van der Waals surface area contributed by atoms with E-state index in [0.29, 0.717) is 27.8 Å². The number of nitriles is 1. The summed E-state index contributed by atoms with van der Waals surface area (Å²) >= 11 is 1.23. The SMILES string of the molecule is COc1cc(NC(=O)CSc2nc3cc(C)ccc3cc2C#N)cc(OC)c1. The lowest BCUT2D eigenvalue weighted by molar-refractivity contribution is -0.113. The van der Waals surface area contributed by atoms with Crippen LogP contribution in [0.3, 0.4) is 0 Å². The van der Waals surface area contributed by atoms with Crippen molar-refractivity contribution in [2.45, 2.75) is 11.9 Å². The number of rotatable bonds is 6. The number of ether oxygens (including phenoxy) is 2. The molecule has 0 unspecified atom stereocenters. The predicted octanol–water partition coefficient (Wildman–Crippen LogP) is 4.16. The summed E-state index contributed by atoms with van der Waals surface area (Å²) in [7, 11) is 3.10. The summed E-state index contributed by atoms with van der Waals surface area (Å²) in [4.78, 5) is 16.9. The van der Waals surface area contributed by atoms with Crippen LogP contribution in [0, 0.1) is 18.3 Å². The third-order valence-electron chi connectivity index (χ3n) is 4.03. The molecule has 0 saturated carbocycles. The van der Waals surface area contributed by atoms with Crippen LogP contribution in [0.25, 0.3) is 10.9 Å². The molecule has 142 valence electrons. The van der Waals surface area contributed by atoms with E-state index in [1.807, 2.05) is 25.1 Å². The molecule has 0 fully saturated rings. The number of anilines is 1. The number of amides is 1. The molecule has 1 amide bonds. The van der Waals surface area contributed by atoms with Gasteiger partial charge in [0, 0.05) is 29.3 Å². The zero-order valence-electron chi connectivity index (χ0n) is 15.8. The number of thioether (sulfide) groups is 1. The lowest BCUT2D eigenvalue weighted by atomic mass is 10.1. The van der Waals surface area contributed by atoms with E-state index in [1.165, 1.54) is 11.8 Å². The van der Waals surface area contributed by atoms with E-state index in [9.17, 15) is 10.1 Å². The van der Waals surface area contributed by atoms with Crippen molar-refractivity contribution in [2.75, 3.05) is 25.3 Å². The van der Waals surface area contributed by atoms with Gasteiger partial charge in [0.05, 0.1) is 31.1 Å². The number of hydrogen-bond donors (Lipinski definition) is 1. The van der Waals surface area contributed by atoms with Gasteiger partial charge in [0.2, 0.25) is 5.91 Å². The van der Waals surface area contributed by atoms with E-state index in [1.54, 1.807) is 38.5 Å². The fourth-order valence-electron chi connectivity index (χ4n) is 2.66. The molecule has 0 aliphatic heterocycles. The fraction of sp³-hybridized carbons (Fsp3) is 0.190. The fourth-order valence-corrected chi connectivity index (χ4v) is 3.42. The summed E-state index contributed by atoms with van der Waals surface area (Å²) in [6.07, 6.45) is 0. The van der Waals surface area contributed by atoms with Crippen LogP contribution in [0.5, 0.6) is 11.5 Å². The molecule has 3 aromatic rings. The van der Waals surface area contributed by atoms with E-state index in [-0.39, 0.29) is 11.7 Å². The van der Waals surface area contributed by atoms with Gasteiger partial charge in [0.25, 0.3) is 0 Å². The number of aryl methyl sites for hydroxylation is 1. The Morgan fingerprint density at radius 2 is 1.86 bits per heavy atom. The third-order valence-corrected chi connectivity index (χ3v) is 5.02. The minimum atomic E-state index is -0.213. The highest BCUT2D eigenvalue weighted by Gasteiger charge is 2.12. The average Bonchev–Trinajstić information content (AvgIpc) is 2.71. The van der Waals surface area contributed by atoms with Crippen molar-refractivity contribution in [2.24, 2.45) is 0 Å². The normalized spacial score (nSPS) is 10.4. The number of carbonyl (C=O) groups excluding carboxylic acids is 1. The maximum absolute atomic E-state index is 12.4. The number of carbonyl (C=O) groups is 1. The third kappa shape index (κ3) is 4.53. The second-order valence-corrected chi connectivity index (χ2v) is 7.05. The molecule has 2 aromatic carbocycles. The van der Waals surface area contributed by atoms with Gasteiger partial charge in [-0.2, -0.15) is 5.26 Å². The predicted molar refractivity (Wildman–Crippen MR) is 110 cm³/mol. The quantitative estimate of drug-likeness (QED) is 0.633. The Labute approximate surface area is 167 Å². The zero-order valence-corrected chi connectivity index (χ0v) is 16.6. The molecular formula is C21H19N3O3S. The highest BCUT2D eigenvalue weighted by molar-refractivity contribution is 8.00. The molecule has 1 N–H and O–H groups in total. The topological polar surface area (TPSA) is 84.2 Å². The van der Waals surface area contributed by atoms with Crippen molar-refractivity contribution in [3.05, 3.63) is 53.6 Å². The van der Waals surface area contributed by atoms with Gasteiger partial charge in [-0.05, 0) is 24.6 Å². The number of hydrogen-bond acceptors (Lipinski definition) is 6. The van der Waals surface area contributed by atoms with Crippen molar-refractivity contribution in [1.29, 1.82) is 5.26 Å². The van der Waals surface area contributed by atoms with Gasteiger partial charge in [-0.3, -0.25) is 4.79 Å². The minimum Gasteiger partial charge on any atom is -0.497 e. The van der Waals surface area contributed by atoms with Crippen LogP contribution < -0.4 is 14.8 Å². The lowest BCUT2D eigenvalue weighted by Gasteiger charge is -2.10. The molecule has 1 aromatic heterocycles. The summed E-state index contributed by atoms with van der Waals surface area (Å²) in [6, 6.07) is 15.0. The Balaban J connectivity index is 1.75. The van der Waals surface area contributed by atoms with Gasteiger partial charge in [-0.1, -0.05) is 23.9 Å². The first-order valence-corrected chi connectivity index (χ1v) is 9.48. The van der Waals surface area contributed by atoms with Gasteiger partial charge in [0.15, 0.2) is 0 Å². The van der Waals surface area contributed by atoms with Gasteiger partial charge >= 0.3 is 0 Å². The molecule has 28 heavy (non-hydrogen) atoms. The highest BCUT2D eigenvalue weighted by Crippen LogP contribution is 2.27. The molecule has 1 heterocycles. The maximum Gasteiger partial charge on any atom is 0.234 e. The van der Waals surface area contributed by atoms with Crippen LogP contribution in [0.4, 0.5) is 5.69 Å². The molecule has 0 bridgehead atoms. The van der Waals surface area contributed by atoms with Crippen LogP contribution in [-0.2, 0) is 4.79 Å². The van der Waals surface area contributed by atoms with E-state index >= 15 is 0 Å². The number of nitrogens with one attached hydrogen (secondary N) is 1. The van der Waals surface area contributed by atoms with Crippen molar-refractivity contribution < 1.29 is 14.3 Å². The Bertz CT molecular complexity index is 1050. The van der Waals surface area contributed by atoms with E-state index in [2.05, 4.69) is 16.4 Å². The number of fused-ring (bicyclic) bond motifs is 1. The minimum absolute atomic E-state index is 0.124. The van der Waals surface area contributed by atoms with E-state index in [4.69, 9.17) is 9.47 Å². The highest BCUT2D eigenvalue weighted by atomic mass is 32.2. The first kappa shape index (κ1) is 19.5. The number of aromatic nitrogens is 1. The first-order valence-electron chi connectivity index (χ1n) is 8.49. The molecule has 0 aliphatic carbocycles. The second kappa shape index (κ2) is 8.63. The van der Waals surface area contributed by atoms with Crippen molar-refractivity contribution in [1.82, 2.24) is 4.98 Å². The van der Waals surface area contributed by atoms with Crippen LogP contribution in [0.1, 0.15) is 11.1 Å². The van der Waals surface area contributed by atoms with Crippen LogP contribution >= 0.6 is 11.8 Å². The average molecular weight is 393 g/mol. The maximum atomic E-state index is 12.4. The number of benzene rings is 2. The van der Waals surface area contributed by atoms with Crippen molar-refractivity contribution >= 4 is 34.3 Å². The summed E-state index contributed by atoms with van der Waals surface area (Å²) in [5.74, 6) is 1.08. The number of methoxy groups -OCH3 is 2. The summed E-state index contributed by atoms with van der Waals surface area (Å²) in [6.45, 7) is 1.99. The molecule has 7 heteroatoms. The standard InChI is InChI=1S/C21H19N3O3S/c1-13-4-5-14-7-15(11-22)21(24-19(14)6-13)28-12-20(25)23-16-8-17(26-2)10-18(9-16)27-3/h4-10H,12H2,1-3H3,(H,23,25). The summed E-state index contributed by atoms with van der Waals surface area (Å²) in [5, 5.41) is 13.7. The molecule has 0 atom stereocenters. The van der Waals surface area contributed by atoms with Crippen LogP contribution in [-0.4, -0.2) is 30.9 Å². The Hall–Kier alpha value is -3.24. The lowest BCUT2D eigenvalue weighted by Crippen LogP contribution is -2.14.